The minimum absolute atomic E-state index is 0.765. The maximum atomic E-state index is 4.54. The van der Waals surface area contributed by atoms with Gasteiger partial charge in [0.1, 0.15) is 0 Å². The van der Waals surface area contributed by atoms with E-state index < -0.39 is 0 Å². The summed E-state index contributed by atoms with van der Waals surface area (Å²) in [6.07, 6.45) is 3.51. The summed E-state index contributed by atoms with van der Waals surface area (Å²) in [6.45, 7) is 0. The molecule has 0 aliphatic rings. The second-order valence-electron chi connectivity index (χ2n) is 4.09. The van der Waals surface area contributed by atoms with Crippen molar-refractivity contribution in [2.45, 2.75) is 0 Å². The number of pyridine rings is 1. The van der Waals surface area contributed by atoms with Crippen LogP contribution in [0.3, 0.4) is 0 Å². The van der Waals surface area contributed by atoms with Crippen LogP contribution in [0.2, 0.25) is 0 Å². The fourth-order valence-electron chi connectivity index (χ4n) is 2.04. The van der Waals surface area contributed by atoms with E-state index in [1.165, 1.54) is 11.5 Å². The second kappa shape index (κ2) is 4.03. The highest BCUT2D eigenvalue weighted by Gasteiger charge is 2.11. The quantitative estimate of drug-likeness (QED) is 0.606. The first-order valence-electron chi connectivity index (χ1n) is 5.82. The van der Waals surface area contributed by atoms with E-state index >= 15 is 0 Å². The Balaban J connectivity index is 1.90. The third-order valence-electron chi connectivity index (χ3n) is 2.87. The molecule has 0 aliphatic heterocycles. The van der Waals surface area contributed by atoms with E-state index in [9.17, 15) is 0 Å². The molecule has 0 amide bonds. The number of aromatic nitrogens is 4. The lowest BCUT2D eigenvalue weighted by atomic mass is 10.3. The first-order valence-corrected chi connectivity index (χ1v) is 6.59. The van der Waals surface area contributed by atoms with Gasteiger partial charge >= 0.3 is 0 Å². The molecule has 4 rings (SSSR count). The zero-order valence-corrected chi connectivity index (χ0v) is 10.6. The molecule has 6 heteroatoms. The lowest BCUT2D eigenvalue weighted by Crippen LogP contribution is -1.96. The number of rotatable bonds is 2. The van der Waals surface area contributed by atoms with Gasteiger partial charge in [-0.15, -0.1) is 0 Å². The SMILES string of the molecule is c1cncc(Nc2nsc3nc4ccccc4n23)c1. The van der Waals surface area contributed by atoms with Crippen LogP contribution in [0.25, 0.3) is 16.0 Å². The van der Waals surface area contributed by atoms with E-state index in [1.807, 2.05) is 40.8 Å². The highest BCUT2D eigenvalue weighted by molar-refractivity contribution is 7.11. The lowest BCUT2D eigenvalue weighted by Gasteiger charge is -2.02. The van der Waals surface area contributed by atoms with Gasteiger partial charge in [0.05, 0.1) is 22.9 Å². The lowest BCUT2D eigenvalue weighted by molar-refractivity contribution is 1.20. The predicted molar refractivity (Wildman–Crippen MR) is 75.9 cm³/mol. The number of anilines is 2. The van der Waals surface area contributed by atoms with Crippen molar-refractivity contribution in [3.8, 4) is 0 Å². The molecule has 19 heavy (non-hydrogen) atoms. The Morgan fingerprint density at radius 2 is 2.05 bits per heavy atom. The Kier molecular flexibility index (Phi) is 2.22. The molecule has 92 valence electrons. The first-order chi connectivity index (χ1) is 9.42. The molecule has 0 saturated heterocycles. The van der Waals surface area contributed by atoms with Crippen LogP contribution >= 0.6 is 11.5 Å². The minimum atomic E-state index is 0.765. The van der Waals surface area contributed by atoms with Crippen LogP contribution in [0.15, 0.2) is 48.8 Å². The van der Waals surface area contributed by atoms with Crippen molar-refractivity contribution >= 4 is 39.2 Å². The van der Waals surface area contributed by atoms with E-state index in [0.717, 1.165) is 27.6 Å². The number of nitrogens with zero attached hydrogens (tertiary/aromatic N) is 4. The monoisotopic (exact) mass is 267 g/mol. The third kappa shape index (κ3) is 1.65. The summed E-state index contributed by atoms with van der Waals surface area (Å²) < 4.78 is 6.42. The van der Waals surface area contributed by atoms with Gasteiger partial charge in [0.15, 0.2) is 0 Å². The molecule has 0 saturated carbocycles. The summed E-state index contributed by atoms with van der Waals surface area (Å²) in [5, 5.41) is 3.26. The van der Waals surface area contributed by atoms with Crippen molar-refractivity contribution < 1.29 is 0 Å². The van der Waals surface area contributed by atoms with Gasteiger partial charge in [0.2, 0.25) is 10.9 Å². The molecular formula is C13H9N5S. The molecular weight excluding hydrogens is 258 g/mol. The number of hydrogen-bond donors (Lipinski definition) is 1. The Morgan fingerprint density at radius 3 is 2.95 bits per heavy atom. The molecule has 3 heterocycles. The maximum absolute atomic E-state index is 4.54. The summed E-state index contributed by atoms with van der Waals surface area (Å²) in [5.74, 6) is 0.765. The molecule has 0 fully saturated rings. The summed E-state index contributed by atoms with van der Waals surface area (Å²) in [5.41, 5.74) is 2.94. The van der Waals surface area contributed by atoms with E-state index in [1.54, 1.807) is 12.4 Å². The van der Waals surface area contributed by atoms with E-state index in [0.29, 0.717) is 0 Å². The second-order valence-corrected chi connectivity index (χ2v) is 4.82. The van der Waals surface area contributed by atoms with Crippen LogP contribution < -0.4 is 5.32 Å². The minimum Gasteiger partial charge on any atom is -0.323 e. The van der Waals surface area contributed by atoms with Crippen molar-refractivity contribution in [3.63, 3.8) is 0 Å². The Labute approximate surface area is 112 Å². The highest BCUT2D eigenvalue weighted by Crippen LogP contribution is 2.25. The summed E-state index contributed by atoms with van der Waals surface area (Å²) in [4.78, 5) is 9.51. The average Bonchev–Trinajstić information content (AvgIpc) is 3.00. The van der Waals surface area contributed by atoms with Gasteiger partial charge in [-0.3, -0.25) is 9.38 Å². The van der Waals surface area contributed by atoms with Crippen LogP contribution in [-0.4, -0.2) is 18.7 Å². The van der Waals surface area contributed by atoms with Gasteiger partial charge in [0.25, 0.3) is 0 Å². The molecule has 0 bridgehead atoms. The van der Waals surface area contributed by atoms with Gasteiger partial charge in [-0.1, -0.05) is 12.1 Å². The summed E-state index contributed by atoms with van der Waals surface area (Å²) >= 11 is 1.38. The van der Waals surface area contributed by atoms with Gasteiger partial charge in [-0.25, -0.2) is 4.98 Å². The molecule has 3 aromatic heterocycles. The largest absolute Gasteiger partial charge is 0.323 e. The molecule has 0 radical (unpaired) electrons. The standard InChI is InChI=1S/C13H9N5S/c1-2-6-11-10(5-1)16-13-18(11)12(17-19-13)15-9-4-3-7-14-8-9/h1-8H,(H,15,17). The average molecular weight is 267 g/mol. The third-order valence-corrected chi connectivity index (χ3v) is 3.57. The van der Waals surface area contributed by atoms with Crippen molar-refractivity contribution in [1.82, 2.24) is 18.7 Å². The zero-order valence-electron chi connectivity index (χ0n) is 9.82. The molecule has 4 aromatic rings. The Hall–Kier alpha value is -2.47. The molecule has 0 spiro atoms. The van der Waals surface area contributed by atoms with Crippen LogP contribution in [0, 0.1) is 0 Å². The molecule has 5 nitrogen and oxygen atoms in total. The van der Waals surface area contributed by atoms with Crippen molar-refractivity contribution in [3.05, 3.63) is 48.8 Å². The van der Waals surface area contributed by atoms with Crippen molar-refractivity contribution in [2.24, 2.45) is 0 Å². The topological polar surface area (TPSA) is 55.1 Å². The Morgan fingerprint density at radius 1 is 1.11 bits per heavy atom. The van der Waals surface area contributed by atoms with Crippen LogP contribution in [0.1, 0.15) is 0 Å². The highest BCUT2D eigenvalue weighted by atomic mass is 32.1. The van der Waals surface area contributed by atoms with Crippen molar-refractivity contribution in [1.29, 1.82) is 0 Å². The van der Waals surface area contributed by atoms with E-state index in [4.69, 9.17) is 0 Å². The van der Waals surface area contributed by atoms with Gasteiger partial charge in [-0.05, 0) is 24.3 Å². The van der Waals surface area contributed by atoms with Gasteiger partial charge < -0.3 is 5.32 Å². The van der Waals surface area contributed by atoms with Gasteiger partial charge in [0, 0.05) is 17.7 Å². The zero-order chi connectivity index (χ0) is 12.7. The van der Waals surface area contributed by atoms with E-state index in [-0.39, 0.29) is 0 Å². The number of benzene rings is 1. The number of fused-ring (bicyclic) bond motifs is 3. The van der Waals surface area contributed by atoms with Crippen LogP contribution in [0.5, 0.6) is 0 Å². The summed E-state index contributed by atoms with van der Waals surface area (Å²) in [7, 11) is 0. The number of para-hydroxylation sites is 2. The predicted octanol–water partition coefficient (Wildman–Crippen LogP) is 3.08. The number of nitrogens with one attached hydrogen (secondary N) is 1. The van der Waals surface area contributed by atoms with Crippen molar-refractivity contribution in [2.75, 3.05) is 5.32 Å². The fraction of sp³-hybridized carbons (Fsp3) is 0. The first kappa shape index (κ1) is 10.5. The van der Waals surface area contributed by atoms with Gasteiger partial charge in [-0.2, -0.15) is 4.37 Å². The maximum Gasteiger partial charge on any atom is 0.225 e. The fourth-order valence-corrected chi connectivity index (χ4v) is 2.74. The molecule has 0 aliphatic carbocycles. The van der Waals surface area contributed by atoms with E-state index in [2.05, 4.69) is 19.7 Å². The normalized spacial score (nSPS) is 11.2. The number of imidazole rings is 1. The molecule has 0 atom stereocenters. The number of hydrogen-bond acceptors (Lipinski definition) is 5. The Bertz CT molecular complexity index is 849. The van der Waals surface area contributed by atoms with Crippen LogP contribution in [-0.2, 0) is 0 Å². The van der Waals surface area contributed by atoms with Crippen LogP contribution in [0.4, 0.5) is 11.6 Å². The molecule has 1 aromatic carbocycles. The smallest absolute Gasteiger partial charge is 0.225 e. The summed E-state index contributed by atoms with van der Waals surface area (Å²) in [6, 6.07) is 11.9. The molecule has 0 unspecified atom stereocenters. The molecule has 1 N–H and O–H groups in total.